The van der Waals surface area contributed by atoms with Gasteiger partial charge in [0.15, 0.2) is 0 Å². The lowest BCUT2D eigenvalue weighted by Crippen LogP contribution is -2.36. The standard InChI is InChI=1S/C10H16INO/c1-3-8(2)9(11)10(13)12-6-4-5-7-12/h3,8-9H,1,4-7H2,2H3. The van der Waals surface area contributed by atoms with E-state index in [1.807, 2.05) is 17.9 Å². The van der Waals surface area contributed by atoms with Crippen LogP contribution >= 0.6 is 22.6 Å². The molecular weight excluding hydrogens is 277 g/mol. The molecule has 1 saturated heterocycles. The number of hydrogen-bond acceptors (Lipinski definition) is 1. The molecule has 0 radical (unpaired) electrons. The summed E-state index contributed by atoms with van der Waals surface area (Å²) < 4.78 is 0.0631. The molecule has 0 aromatic heterocycles. The minimum absolute atomic E-state index is 0.0631. The van der Waals surface area contributed by atoms with Crippen molar-refractivity contribution in [2.75, 3.05) is 13.1 Å². The maximum atomic E-state index is 11.8. The highest BCUT2D eigenvalue weighted by atomic mass is 127. The van der Waals surface area contributed by atoms with E-state index in [2.05, 4.69) is 29.2 Å². The first-order valence-corrected chi connectivity index (χ1v) is 5.96. The first-order chi connectivity index (χ1) is 6.16. The molecule has 74 valence electrons. The monoisotopic (exact) mass is 293 g/mol. The lowest BCUT2D eigenvalue weighted by molar-refractivity contribution is -0.129. The van der Waals surface area contributed by atoms with Gasteiger partial charge in [-0.3, -0.25) is 4.79 Å². The van der Waals surface area contributed by atoms with Gasteiger partial charge in [0.2, 0.25) is 5.91 Å². The first-order valence-electron chi connectivity index (χ1n) is 4.72. The Bertz CT molecular complexity index is 199. The van der Waals surface area contributed by atoms with Gasteiger partial charge in [-0.1, -0.05) is 35.6 Å². The van der Waals surface area contributed by atoms with E-state index < -0.39 is 0 Å². The third-order valence-corrected chi connectivity index (χ3v) is 4.15. The van der Waals surface area contributed by atoms with Crippen LogP contribution in [0.25, 0.3) is 0 Å². The van der Waals surface area contributed by atoms with Crippen molar-refractivity contribution in [2.24, 2.45) is 5.92 Å². The second-order valence-corrected chi connectivity index (χ2v) is 4.87. The smallest absolute Gasteiger partial charge is 0.236 e. The molecule has 0 spiro atoms. The molecule has 2 unspecified atom stereocenters. The number of nitrogens with zero attached hydrogens (tertiary/aromatic N) is 1. The van der Waals surface area contributed by atoms with Crippen molar-refractivity contribution in [1.82, 2.24) is 4.90 Å². The maximum absolute atomic E-state index is 11.8. The number of alkyl halides is 1. The van der Waals surface area contributed by atoms with Crippen LogP contribution in [0.3, 0.4) is 0 Å². The predicted molar refractivity (Wildman–Crippen MR) is 63.0 cm³/mol. The van der Waals surface area contributed by atoms with E-state index in [4.69, 9.17) is 0 Å². The fourth-order valence-electron chi connectivity index (χ4n) is 1.46. The van der Waals surface area contributed by atoms with Gasteiger partial charge < -0.3 is 4.90 Å². The molecule has 1 amide bonds. The van der Waals surface area contributed by atoms with E-state index in [9.17, 15) is 4.79 Å². The Balaban J connectivity index is 2.50. The van der Waals surface area contributed by atoms with Crippen LogP contribution in [0.1, 0.15) is 19.8 Å². The highest BCUT2D eigenvalue weighted by molar-refractivity contribution is 14.1. The highest BCUT2D eigenvalue weighted by Gasteiger charge is 2.26. The molecule has 0 N–H and O–H groups in total. The number of allylic oxidation sites excluding steroid dienone is 1. The third-order valence-electron chi connectivity index (χ3n) is 2.49. The van der Waals surface area contributed by atoms with Crippen molar-refractivity contribution in [3.8, 4) is 0 Å². The van der Waals surface area contributed by atoms with Crippen molar-refractivity contribution < 1.29 is 4.79 Å². The van der Waals surface area contributed by atoms with Crippen molar-refractivity contribution >= 4 is 28.5 Å². The fraction of sp³-hybridized carbons (Fsp3) is 0.700. The highest BCUT2D eigenvalue weighted by Crippen LogP contribution is 2.19. The number of amides is 1. The summed E-state index contributed by atoms with van der Waals surface area (Å²) in [4.78, 5) is 13.8. The van der Waals surface area contributed by atoms with E-state index in [1.165, 1.54) is 0 Å². The van der Waals surface area contributed by atoms with Gasteiger partial charge in [0, 0.05) is 13.1 Å². The molecule has 3 heteroatoms. The van der Waals surface area contributed by atoms with E-state index in [1.54, 1.807) is 0 Å². The molecule has 0 aromatic rings. The second kappa shape index (κ2) is 4.98. The van der Waals surface area contributed by atoms with Crippen LogP contribution in [0.2, 0.25) is 0 Å². The summed E-state index contributed by atoms with van der Waals surface area (Å²) in [7, 11) is 0. The molecule has 1 fully saturated rings. The molecule has 0 bridgehead atoms. The zero-order valence-electron chi connectivity index (χ0n) is 8.00. The van der Waals surface area contributed by atoms with Crippen molar-refractivity contribution in [3.05, 3.63) is 12.7 Å². The molecule has 2 nitrogen and oxygen atoms in total. The third kappa shape index (κ3) is 2.69. The molecule has 13 heavy (non-hydrogen) atoms. The zero-order valence-corrected chi connectivity index (χ0v) is 10.2. The number of carbonyl (C=O) groups is 1. The minimum Gasteiger partial charge on any atom is -0.342 e. The van der Waals surface area contributed by atoms with Gasteiger partial charge >= 0.3 is 0 Å². The topological polar surface area (TPSA) is 20.3 Å². The Hall–Kier alpha value is -0.0600. The summed E-state index contributed by atoms with van der Waals surface area (Å²) in [6.45, 7) is 7.65. The van der Waals surface area contributed by atoms with Crippen molar-refractivity contribution in [3.63, 3.8) is 0 Å². The lowest BCUT2D eigenvalue weighted by Gasteiger charge is -2.21. The van der Waals surface area contributed by atoms with Gasteiger partial charge in [-0.2, -0.15) is 0 Å². The number of hydrogen-bond donors (Lipinski definition) is 0. The Labute approximate surface area is 93.5 Å². The van der Waals surface area contributed by atoms with Gasteiger partial charge in [0.25, 0.3) is 0 Å². The van der Waals surface area contributed by atoms with Crippen LogP contribution in [-0.4, -0.2) is 27.8 Å². The number of halogens is 1. The molecular formula is C10H16INO. The van der Waals surface area contributed by atoms with Gasteiger partial charge in [0.05, 0.1) is 3.92 Å². The van der Waals surface area contributed by atoms with E-state index >= 15 is 0 Å². The second-order valence-electron chi connectivity index (χ2n) is 3.53. The predicted octanol–water partition coefficient (Wildman–Crippen LogP) is 2.23. The van der Waals surface area contributed by atoms with Crippen LogP contribution in [-0.2, 0) is 4.79 Å². The largest absolute Gasteiger partial charge is 0.342 e. The number of carbonyl (C=O) groups excluding carboxylic acids is 1. The van der Waals surface area contributed by atoms with E-state index in [0.717, 1.165) is 25.9 Å². The normalized spacial score (nSPS) is 21.2. The average Bonchev–Trinajstić information content (AvgIpc) is 2.67. The molecule has 0 aromatic carbocycles. The Morgan fingerprint density at radius 1 is 1.54 bits per heavy atom. The summed E-state index contributed by atoms with van der Waals surface area (Å²) in [5, 5.41) is 0. The van der Waals surface area contributed by atoms with Gasteiger partial charge in [0.1, 0.15) is 0 Å². The van der Waals surface area contributed by atoms with E-state index in [-0.39, 0.29) is 15.7 Å². The first kappa shape index (κ1) is 11.0. The summed E-state index contributed by atoms with van der Waals surface area (Å²) in [6, 6.07) is 0. The molecule has 0 saturated carbocycles. The molecule has 1 heterocycles. The molecule has 1 aliphatic heterocycles. The summed E-state index contributed by atoms with van der Waals surface area (Å²) in [5.74, 6) is 0.555. The van der Waals surface area contributed by atoms with Gasteiger partial charge in [-0.05, 0) is 18.8 Å². The zero-order chi connectivity index (χ0) is 9.84. The molecule has 1 aliphatic rings. The Kier molecular flexibility index (Phi) is 4.22. The van der Waals surface area contributed by atoms with Crippen LogP contribution in [0.4, 0.5) is 0 Å². The van der Waals surface area contributed by atoms with Crippen molar-refractivity contribution in [1.29, 1.82) is 0 Å². The van der Waals surface area contributed by atoms with Crippen molar-refractivity contribution in [2.45, 2.75) is 23.7 Å². The van der Waals surface area contributed by atoms with Crippen LogP contribution < -0.4 is 0 Å². The quantitative estimate of drug-likeness (QED) is 0.444. The van der Waals surface area contributed by atoms with E-state index in [0.29, 0.717) is 0 Å². The minimum atomic E-state index is 0.0631. The lowest BCUT2D eigenvalue weighted by atomic mass is 10.1. The Morgan fingerprint density at radius 2 is 2.08 bits per heavy atom. The molecule has 1 rings (SSSR count). The molecule has 2 atom stereocenters. The average molecular weight is 293 g/mol. The SMILES string of the molecule is C=CC(C)C(I)C(=O)N1CCCC1. The van der Waals surface area contributed by atoms with Crippen LogP contribution in [0.5, 0.6) is 0 Å². The summed E-state index contributed by atoms with van der Waals surface area (Å²) in [5.41, 5.74) is 0. The number of likely N-dealkylation sites (tertiary alicyclic amines) is 1. The van der Waals surface area contributed by atoms with Gasteiger partial charge in [-0.25, -0.2) is 0 Å². The molecule has 0 aliphatic carbocycles. The van der Waals surface area contributed by atoms with Crippen LogP contribution in [0, 0.1) is 5.92 Å². The van der Waals surface area contributed by atoms with Gasteiger partial charge in [-0.15, -0.1) is 6.58 Å². The Morgan fingerprint density at radius 3 is 2.54 bits per heavy atom. The van der Waals surface area contributed by atoms with Crippen LogP contribution in [0.15, 0.2) is 12.7 Å². The summed E-state index contributed by atoms with van der Waals surface area (Å²) >= 11 is 2.22. The number of rotatable bonds is 3. The maximum Gasteiger partial charge on any atom is 0.236 e. The summed E-state index contributed by atoms with van der Waals surface area (Å²) in [6.07, 6.45) is 4.18. The fourth-order valence-corrected chi connectivity index (χ4v) is 2.14.